The van der Waals surface area contributed by atoms with Crippen LogP contribution >= 0.6 is 24.0 Å². The van der Waals surface area contributed by atoms with E-state index in [9.17, 15) is 4.79 Å². The van der Waals surface area contributed by atoms with Crippen molar-refractivity contribution in [3.63, 3.8) is 0 Å². The minimum Gasteiger partial charge on any atom is -0.349 e. The molecule has 5 heteroatoms. The second-order valence-corrected chi connectivity index (χ2v) is 5.38. The summed E-state index contributed by atoms with van der Waals surface area (Å²) in [4.78, 5) is 12.1. The van der Waals surface area contributed by atoms with Crippen LogP contribution < -0.4 is 11.1 Å². The summed E-state index contributed by atoms with van der Waals surface area (Å²) in [5.74, 6) is 0.391. The average molecular weight is 303 g/mol. The van der Waals surface area contributed by atoms with Crippen LogP contribution in [-0.4, -0.2) is 18.5 Å². The first-order valence-corrected chi connectivity index (χ1v) is 6.76. The summed E-state index contributed by atoms with van der Waals surface area (Å²) < 4.78 is 0. The van der Waals surface area contributed by atoms with Crippen molar-refractivity contribution in [1.82, 2.24) is 5.32 Å². The molecule has 0 aliphatic heterocycles. The molecule has 0 spiro atoms. The van der Waals surface area contributed by atoms with Gasteiger partial charge in [-0.05, 0) is 56.0 Å². The SMILES string of the molecule is Cc1cc(C(=O)NC2CCCC2CN)ccc1Cl.Cl. The lowest BCUT2D eigenvalue weighted by atomic mass is 10.0. The first kappa shape index (κ1) is 16.3. The molecule has 3 N–H and O–H groups in total. The maximum atomic E-state index is 12.1. The van der Waals surface area contributed by atoms with Crippen LogP contribution in [0, 0.1) is 12.8 Å². The maximum absolute atomic E-state index is 12.1. The summed E-state index contributed by atoms with van der Waals surface area (Å²) in [6.07, 6.45) is 3.29. The Hall–Kier alpha value is -0.770. The summed E-state index contributed by atoms with van der Waals surface area (Å²) in [6.45, 7) is 2.54. The fourth-order valence-electron chi connectivity index (χ4n) is 2.55. The molecule has 0 bridgehead atoms. The van der Waals surface area contributed by atoms with Crippen molar-refractivity contribution in [2.24, 2.45) is 11.7 Å². The van der Waals surface area contributed by atoms with Crippen LogP contribution in [0.5, 0.6) is 0 Å². The van der Waals surface area contributed by atoms with Crippen molar-refractivity contribution in [2.75, 3.05) is 6.54 Å². The van der Waals surface area contributed by atoms with E-state index < -0.39 is 0 Å². The van der Waals surface area contributed by atoms with E-state index in [4.69, 9.17) is 17.3 Å². The zero-order valence-electron chi connectivity index (χ0n) is 11.0. The highest BCUT2D eigenvalue weighted by atomic mass is 35.5. The van der Waals surface area contributed by atoms with Gasteiger partial charge >= 0.3 is 0 Å². The largest absolute Gasteiger partial charge is 0.349 e. The van der Waals surface area contributed by atoms with E-state index in [1.165, 1.54) is 0 Å². The average Bonchev–Trinajstić information content (AvgIpc) is 2.79. The molecule has 106 valence electrons. The fraction of sp³-hybridized carbons (Fsp3) is 0.500. The number of nitrogens with two attached hydrogens (primary N) is 1. The zero-order valence-corrected chi connectivity index (χ0v) is 12.6. The molecular formula is C14H20Cl2N2O. The molecule has 1 aromatic rings. The van der Waals surface area contributed by atoms with Gasteiger partial charge in [-0.25, -0.2) is 0 Å². The Morgan fingerprint density at radius 3 is 2.84 bits per heavy atom. The van der Waals surface area contributed by atoms with Gasteiger partial charge in [-0.3, -0.25) is 4.79 Å². The van der Waals surface area contributed by atoms with Crippen molar-refractivity contribution >= 4 is 29.9 Å². The highest BCUT2D eigenvalue weighted by Gasteiger charge is 2.27. The van der Waals surface area contributed by atoms with E-state index in [0.717, 1.165) is 24.8 Å². The van der Waals surface area contributed by atoms with E-state index in [-0.39, 0.29) is 24.4 Å². The molecule has 2 rings (SSSR count). The number of benzene rings is 1. The summed E-state index contributed by atoms with van der Waals surface area (Å²) in [7, 11) is 0. The van der Waals surface area contributed by atoms with E-state index in [2.05, 4.69) is 5.32 Å². The standard InChI is InChI=1S/C14H19ClN2O.ClH/c1-9-7-10(5-6-12(9)15)14(18)17-13-4-2-3-11(13)8-16;/h5-7,11,13H,2-4,8,16H2,1H3,(H,17,18);1H. The summed E-state index contributed by atoms with van der Waals surface area (Å²) in [5, 5.41) is 3.77. The van der Waals surface area contributed by atoms with E-state index in [1.54, 1.807) is 12.1 Å². The number of aryl methyl sites for hydroxylation is 1. The van der Waals surface area contributed by atoms with Crippen LogP contribution in [0.3, 0.4) is 0 Å². The number of hydrogen-bond donors (Lipinski definition) is 2. The van der Waals surface area contributed by atoms with E-state index in [1.807, 2.05) is 13.0 Å². The lowest BCUT2D eigenvalue weighted by Crippen LogP contribution is -2.39. The molecule has 0 saturated heterocycles. The third kappa shape index (κ3) is 3.85. The Labute approximate surface area is 125 Å². The number of carbonyl (C=O) groups is 1. The molecular weight excluding hydrogens is 283 g/mol. The van der Waals surface area contributed by atoms with Crippen molar-refractivity contribution in [3.8, 4) is 0 Å². The van der Waals surface area contributed by atoms with E-state index in [0.29, 0.717) is 23.0 Å². The van der Waals surface area contributed by atoms with Gasteiger partial charge in [0.05, 0.1) is 0 Å². The quantitative estimate of drug-likeness (QED) is 0.902. The normalized spacial score (nSPS) is 21.8. The Kier molecular flexibility index (Phi) is 6.11. The Balaban J connectivity index is 0.00000180. The number of amides is 1. The van der Waals surface area contributed by atoms with Gasteiger partial charge in [0.2, 0.25) is 0 Å². The minimum absolute atomic E-state index is 0. The van der Waals surface area contributed by atoms with Crippen molar-refractivity contribution in [2.45, 2.75) is 32.2 Å². The fourth-order valence-corrected chi connectivity index (χ4v) is 2.66. The van der Waals surface area contributed by atoms with Gasteiger partial charge in [-0.1, -0.05) is 18.0 Å². The lowest BCUT2D eigenvalue weighted by molar-refractivity contribution is 0.0928. The van der Waals surface area contributed by atoms with Crippen LogP contribution in [0.15, 0.2) is 18.2 Å². The van der Waals surface area contributed by atoms with Gasteiger partial charge in [-0.15, -0.1) is 12.4 Å². The van der Waals surface area contributed by atoms with Crippen molar-refractivity contribution < 1.29 is 4.79 Å². The Morgan fingerprint density at radius 1 is 1.47 bits per heavy atom. The van der Waals surface area contributed by atoms with Gasteiger partial charge in [0.25, 0.3) is 5.91 Å². The predicted molar refractivity (Wildman–Crippen MR) is 81.1 cm³/mol. The summed E-state index contributed by atoms with van der Waals surface area (Å²) in [6, 6.07) is 5.57. The monoisotopic (exact) mass is 302 g/mol. The topological polar surface area (TPSA) is 55.1 Å². The Morgan fingerprint density at radius 2 is 2.21 bits per heavy atom. The number of hydrogen-bond acceptors (Lipinski definition) is 2. The molecule has 2 unspecified atom stereocenters. The van der Waals surface area contributed by atoms with Crippen molar-refractivity contribution in [1.29, 1.82) is 0 Å². The molecule has 1 amide bonds. The van der Waals surface area contributed by atoms with Gasteiger partial charge < -0.3 is 11.1 Å². The molecule has 2 atom stereocenters. The second kappa shape index (κ2) is 7.13. The first-order valence-electron chi connectivity index (χ1n) is 6.39. The van der Waals surface area contributed by atoms with E-state index >= 15 is 0 Å². The molecule has 3 nitrogen and oxygen atoms in total. The highest BCUT2D eigenvalue weighted by molar-refractivity contribution is 6.31. The lowest BCUT2D eigenvalue weighted by Gasteiger charge is -2.19. The van der Waals surface area contributed by atoms with Crippen LogP contribution in [0.25, 0.3) is 0 Å². The summed E-state index contributed by atoms with van der Waals surface area (Å²) >= 11 is 5.95. The van der Waals surface area contributed by atoms with Gasteiger partial charge in [0.1, 0.15) is 0 Å². The number of carbonyl (C=O) groups excluding carboxylic acids is 1. The predicted octanol–water partition coefficient (Wildman–Crippen LogP) is 2.93. The third-order valence-corrected chi connectivity index (χ3v) is 4.12. The van der Waals surface area contributed by atoms with Gasteiger partial charge in [-0.2, -0.15) is 0 Å². The maximum Gasteiger partial charge on any atom is 0.251 e. The molecule has 1 fully saturated rings. The molecule has 1 aliphatic rings. The van der Waals surface area contributed by atoms with Crippen molar-refractivity contribution in [3.05, 3.63) is 34.3 Å². The van der Waals surface area contributed by atoms with Crippen LogP contribution in [-0.2, 0) is 0 Å². The first-order chi connectivity index (χ1) is 8.61. The zero-order chi connectivity index (χ0) is 13.1. The van der Waals surface area contributed by atoms with Gasteiger partial charge in [0.15, 0.2) is 0 Å². The van der Waals surface area contributed by atoms with Crippen LogP contribution in [0.4, 0.5) is 0 Å². The molecule has 1 aromatic carbocycles. The summed E-state index contributed by atoms with van der Waals surface area (Å²) in [5.41, 5.74) is 7.30. The number of halogens is 2. The number of nitrogens with one attached hydrogen (secondary N) is 1. The smallest absolute Gasteiger partial charge is 0.251 e. The molecule has 1 saturated carbocycles. The molecule has 0 radical (unpaired) electrons. The van der Waals surface area contributed by atoms with Crippen LogP contribution in [0.1, 0.15) is 35.2 Å². The molecule has 0 heterocycles. The number of rotatable bonds is 3. The van der Waals surface area contributed by atoms with Crippen LogP contribution in [0.2, 0.25) is 5.02 Å². The Bertz CT molecular complexity index is 451. The second-order valence-electron chi connectivity index (χ2n) is 4.97. The highest BCUT2D eigenvalue weighted by Crippen LogP contribution is 2.25. The van der Waals surface area contributed by atoms with Gasteiger partial charge in [0, 0.05) is 16.6 Å². The molecule has 1 aliphatic carbocycles. The molecule has 19 heavy (non-hydrogen) atoms. The molecule has 0 aromatic heterocycles. The minimum atomic E-state index is -0.0277. The third-order valence-electron chi connectivity index (χ3n) is 3.70.